The predicted molar refractivity (Wildman–Crippen MR) is 84.2 cm³/mol. The molecule has 3 rings (SSSR count). The average Bonchev–Trinajstić information content (AvgIpc) is 2.48. The van der Waals surface area contributed by atoms with Crippen LogP contribution in [0.1, 0.15) is 0 Å². The standard InChI is InChI=1S/C17H12O2S/c20-17(18-15-8-2-1-3-9-15)19-16-11-10-13-6-4-5-7-14(13)12-16/h1-12H. The van der Waals surface area contributed by atoms with Crippen molar-refractivity contribution in [3.8, 4) is 11.5 Å². The molecule has 98 valence electrons. The van der Waals surface area contributed by atoms with Crippen molar-refractivity contribution in [3.63, 3.8) is 0 Å². The van der Waals surface area contributed by atoms with E-state index in [2.05, 4.69) is 6.07 Å². The van der Waals surface area contributed by atoms with E-state index < -0.39 is 0 Å². The number of hydrogen-bond acceptors (Lipinski definition) is 3. The molecule has 0 unspecified atom stereocenters. The lowest BCUT2D eigenvalue weighted by atomic mass is 10.1. The Balaban J connectivity index is 1.74. The van der Waals surface area contributed by atoms with Crippen LogP contribution in [0.5, 0.6) is 11.5 Å². The van der Waals surface area contributed by atoms with E-state index in [0.717, 1.165) is 10.8 Å². The molecular formula is C17H12O2S. The van der Waals surface area contributed by atoms with Crippen LogP contribution < -0.4 is 9.47 Å². The van der Waals surface area contributed by atoms with Crippen molar-refractivity contribution in [2.45, 2.75) is 0 Å². The number of para-hydroxylation sites is 1. The third-order valence-electron chi connectivity index (χ3n) is 2.87. The van der Waals surface area contributed by atoms with Gasteiger partial charge in [0.2, 0.25) is 0 Å². The first-order valence-corrected chi connectivity index (χ1v) is 6.65. The maximum atomic E-state index is 5.54. The normalized spacial score (nSPS) is 10.2. The average molecular weight is 280 g/mol. The number of fused-ring (bicyclic) bond motifs is 1. The quantitative estimate of drug-likeness (QED) is 0.640. The number of rotatable bonds is 2. The van der Waals surface area contributed by atoms with E-state index in [-0.39, 0.29) is 5.24 Å². The summed E-state index contributed by atoms with van der Waals surface area (Å²) in [5, 5.41) is 2.36. The summed E-state index contributed by atoms with van der Waals surface area (Å²) < 4.78 is 11.0. The lowest BCUT2D eigenvalue weighted by Gasteiger charge is -2.08. The second-order valence-corrected chi connectivity index (χ2v) is 4.61. The monoisotopic (exact) mass is 280 g/mol. The van der Waals surface area contributed by atoms with Crippen molar-refractivity contribution in [1.29, 1.82) is 0 Å². The Morgan fingerprint density at radius 3 is 2.10 bits per heavy atom. The van der Waals surface area contributed by atoms with E-state index in [1.54, 1.807) is 0 Å². The first kappa shape index (κ1) is 12.6. The summed E-state index contributed by atoms with van der Waals surface area (Å²) in [4.78, 5) is 0. The zero-order chi connectivity index (χ0) is 13.8. The van der Waals surface area contributed by atoms with Crippen LogP contribution in [0.4, 0.5) is 0 Å². The van der Waals surface area contributed by atoms with Crippen molar-refractivity contribution >= 4 is 28.2 Å². The smallest absolute Gasteiger partial charge is 0.363 e. The second kappa shape index (κ2) is 5.72. The molecule has 2 nitrogen and oxygen atoms in total. The highest BCUT2D eigenvalue weighted by molar-refractivity contribution is 7.79. The van der Waals surface area contributed by atoms with Gasteiger partial charge in [-0.05, 0) is 35.0 Å². The third kappa shape index (κ3) is 2.95. The van der Waals surface area contributed by atoms with Crippen molar-refractivity contribution in [2.75, 3.05) is 0 Å². The Hall–Kier alpha value is -2.39. The molecule has 0 aliphatic carbocycles. The SMILES string of the molecule is S=C(Oc1ccccc1)Oc1ccc2ccccc2c1. The highest BCUT2D eigenvalue weighted by Crippen LogP contribution is 2.21. The minimum atomic E-state index is 0.0893. The van der Waals surface area contributed by atoms with Gasteiger partial charge in [-0.3, -0.25) is 0 Å². The molecule has 0 heterocycles. The molecule has 0 fully saturated rings. The molecule has 0 amide bonds. The Morgan fingerprint density at radius 1 is 0.650 bits per heavy atom. The Kier molecular flexibility index (Phi) is 3.61. The van der Waals surface area contributed by atoms with Gasteiger partial charge >= 0.3 is 5.24 Å². The topological polar surface area (TPSA) is 18.5 Å². The van der Waals surface area contributed by atoms with E-state index in [1.807, 2.05) is 66.7 Å². The first-order valence-electron chi connectivity index (χ1n) is 6.25. The lowest BCUT2D eigenvalue weighted by Crippen LogP contribution is -2.13. The van der Waals surface area contributed by atoms with Gasteiger partial charge in [-0.1, -0.05) is 48.5 Å². The van der Waals surface area contributed by atoms with Gasteiger partial charge in [-0.2, -0.15) is 0 Å². The molecular weight excluding hydrogens is 268 g/mol. The summed E-state index contributed by atoms with van der Waals surface area (Å²) in [5.41, 5.74) is 0. The number of ether oxygens (including phenoxy) is 2. The molecule has 3 aromatic rings. The summed E-state index contributed by atoms with van der Waals surface area (Å²) in [5.74, 6) is 1.34. The summed E-state index contributed by atoms with van der Waals surface area (Å²) in [6, 6.07) is 23.2. The van der Waals surface area contributed by atoms with E-state index in [1.165, 1.54) is 0 Å². The second-order valence-electron chi connectivity index (χ2n) is 4.28. The first-order chi connectivity index (χ1) is 9.81. The third-order valence-corrected chi connectivity index (χ3v) is 3.03. The lowest BCUT2D eigenvalue weighted by molar-refractivity contribution is 0.404. The van der Waals surface area contributed by atoms with Crippen LogP contribution in [0.15, 0.2) is 72.8 Å². The number of thiocarbonyl (C=S) groups is 1. The fourth-order valence-electron chi connectivity index (χ4n) is 1.93. The molecule has 3 heteroatoms. The highest BCUT2D eigenvalue weighted by Gasteiger charge is 2.04. The maximum Gasteiger partial charge on any atom is 0.363 e. The van der Waals surface area contributed by atoms with E-state index in [9.17, 15) is 0 Å². The Morgan fingerprint density at radius 2 is 1.30 bits per heavy atom. The van der Waals surface area contributed by atoms with Crippen LogP contribution in [-0.2, 0) is 0 Å². The molecule has 0 aliphatic rings. The molecule has 0 bridgehead atoms. The molecule has 0 spiro atoms. The van der Waals surface area contributed by atoms with Crippen LogP contribution >= 0.6 is 12.2 Å². The molecule has 20 heavy (non-hydrogen) atoms. The molecule has 0 saturated carbocycles. The van der Waals surface area contributed by atoms with E-state index in [4.69, 9.17) is 21.7 Å². The van der Waals surface area contributed by atoms with Crippen molar-refractivity contribution in [1.82, 2.24) is 0 Å². The fourth-order valence-corrected chi connectivity index (χ4v) is 2.13. The zero-order valence-electron chi connectivity index (χ0n) is 10.7. The van der Waals surface area contributed by atoms with Gasteiger partial charge in [-0.25, -0.2) is 0 Å². The van der Waals surface area contributed by atoms with Gasteiger partial charge in [0.25, 0.3) is 0 Å². The Bertz CT molecular complexity index is 738. The largest absolute Gasteiger partial charge is 0.417 e. The number of hydrogen-bond donors (Lipinski definition) is 0. The summed E-state index contributed by atoms with van der Waals surface area (Å²) in [6.07, 6.45) is 0. The Labute approximate surface area is 122 Å². The zero-order valence-corrected chi connectivity index (χ0v) is 11.5. The molecule has 0 aromatic heterocycles. The molecule has 0 radical (unpaired) electrons. The van der Waals surface area contributed by atoms with Crippen molar-refractivity contribution in [3.05, 3.63) is 72.8 Å². The van der Waals surface area contributed by atoms with E-state index in [0.29, 0.717) is 11.5 Å². The van der Waals surface area contributed by atoms with Crippen molar-refractivity contribution < 1.29 is 9.47 Å². The van der Waals surface area contributed by atoms with Gasteiger partial charge in [-0.15, -0.1) is 0 Å². The van der Waals surface area contributed by atoms with Gasteiger partial charge < -0.3 is 9.47 Å². The van der Waals surface area contributed by atoms with Crippen LogP contribution in [0.25, 0.3) is 10.8 Å². The molecule has 0 N–H and O–H groups in total. The fraction of sp³-hybridized carbons (Fsp3) is 0. The summed E-state index contributed by atoms with van der Waals surface area (Å²) >= 11 is 5.10. The van der Waals surface area contributed by atoms with Crippen LogP contribution in [0, 0.1) is 0 Å². The van der Waals surface area contributed by atoms with E-state index >= 15 is 0 Å². The molecule has 3 aromatic carbocycles. The summed E-state index contributed by atoms with van der Waals surface area (Å²) in [6.45, 7) is 0. The van der Waals surface area contributed by atoms with Gasteiger partial charge in [0.05, 0.1) is 0 Å². The minimum Gasteiger partial charge on any atom is -0.417 e. The number of benzene rings is 3. The van der Waals surface area contributed by atoms with Gasteiger partial charge in [0, 0.05) is 12.2 Å². The molecule has 0 aliphatic heterocycles. The molecule has 0 atom stereocenters. The molecule has 0 saturated heterocycles. The summed E-state index contributed by atoms with van der Waals surface area (Å²) in [7, 11) is 0. The van der Waals surface area contributed by atoms with Crippen LogP contribution in [0.2, 0.25) is 0 Å². The van der Waals surface area contributed by atoms with Gasteiger partial charge in [0.1, 0.15) is 11.5 Å². The predicted octanol–water partition coefficient (Wildman–Crippen LogP) is 4.58. The maximum absolute atomic E-state index is 5.54. The van der Waals surface area contributed by atoms with Gasteiger partial charge in [0.15, 0.2) is 0 Å². The van der Waals surface area contributed by atoms with Crippen LogP contribution in [-0.4, -0.2) is 5.24 Å². The minimum absolute atomic E-state index is 0.0893. The highest BCUT2D eigenvalue weighted by atomic mass is 32.1. The van der Waals surface area contributed by atoms with Crippen molar-refractivity contribution in [2.24, 2.45) is 0 Å². The van der Waals surface area contributed by atoms with Crippen LogP contribution in [0.3, 0.4) is 0 Å².